The zero-order valence-electron chi connectivity index (χ0n) is 23.5. The maximum Gasteiger partial charge on any atom is 0.328 e. The van der Waals surface area contributed by atoms with Gasteiger partial charge in [0.05, 0.1) is 7.11 Å². The fourth-order valence-electron chi connectivity index (χ4n) is 6.42. The molecule has 5 atom stereocenters. The number of hydrogen-bond donors (Lipinski definition) is 2. The van der Waals surface area contributed by atoms with Gasteiger partial charge in [0.2, 0.25) is 0 Å². The van der Waals surface area contributed by atoms with Crippen molar-refractivity contribution < 1.29 is 14.3 Å². The summed E-state index contributed by atoms with van der Waals surface area (Å²) in [6.07, 6.45) is 12.2. The van der Waals surface area contributed by atoms with Crippen LogP contribution in [0.3, 0.4) is 0 Å². The van der Waals surface area contributed by atoms with E-state index >= 15 is 0 Å². The van der Waals surface area contributed by atoms with Gasteiger partial charge in [-0.1, -0.05) is 97.4 Å². The highest BCUT2D eigenvalue weighted by Gasteiger charge is 2.30. The van der Waals surface area contributed by atoms with Crippen molar-refractivity contribution >= 4 is 22.6 Å². The van der Waals surface area contributed by atoms with Gasteiger partial charge in [0.15, 0.2) is 0 Å². The molecule has 208 valence electrons. The summed E-state index contributed by atoms with van der Waals surface area (Å²) in [6, 6.07) is 24.9. The summed E-state index contributed by atoms with van der Waals surface area (Å²) in [4.78, 5) is 25.4. The molecule has 3 aromatic rings. The van der Waals surface area contributed by atoms with E-state index in [4.69, 9.17) is 4.74 Å². The number of nitrogens with one attached hydrogen (secondary N) is 2. The van der Waals surface area contributed by atoms with Crippen molar-refractivity contribution in [2.45, 2.75) is 63.6 Å². The van der Waals surface area contributed by atoms with Gasteiger partial charge in [-0.05, 0) is 66.3 Å². The first-order valence-electron chi connectivity index (χ1n) is 14.6. The maximum atomic E-state index is 13.1. The van der Waals surface area contributed by atoms with Crippen LogP contribution in [0.15, 0.2) is 96.6 Å². The van der Waals surface area contributed by atoms with Crippen molar-refractivity contribution in [3.05, 3.63) is 108 Å². The first-order valence-corrected chi connectivity index (χ1v) is 14.6. The topological polar surface area (TPSA) is 67.4 Å². The highest BCUT2D eigenvalue weighted by molar-refractivity contribution is 5.98. The van der Waals surface area contributed by atoms with E-state index in [1.54, 1.807) is 0 Å². The molecule has 5 rings (SSSR count). The lowest BCUT2D eigenvalue weighted by atomic mass is 9.74. The summed E-state index contributed by atoms with van der Waals surface area (Å²) >= 11 is 0. The van der Waals surface area contributed by atoms with Gasteiger partial charge in [0.25, 0.3) is 5.91 Å². The number of ether oxygens (including phenoxy) is 1. The number of allylic oxidation sites excluding steroid dienone is 2. The van der Waals surface area contributed by atoms with Crippen molar-refractivity contribution in [1.29, 1.82) is 0 Å². The third-order valence-corrected chi connectivity index (χ3v) is 8.56. The molecule has 1 fully saturated rings. The molecule has 40 heavy (non-hydrogen) atoms. The van der Waals surface area contributed by atoms with Crippen LogP contribution in [0.1, 0.15) is 56.2 Å². The van der Waals surface area contributed by atoms with E-state index in [0.29, 0.717) is 29.9 Å². The minimum Gasteiger partial charge on any atom is -0.467 e. The highest BCUT2D eigenvalue weighted by atomic mass is 16.5. The number of amides is 1. The summed E-state index contributed by atoms with van der Waals surface area (Å²) in [5.41, 5.74) is 2.95. The first kappa shape index (κ1) is 27.9. The fraction of sp³-hybridized carbons (Fsp3) is 0.371. The number of fused-ring (bicyclic) bond motifs is 1. The van der Waals surface area contributed by atoms with Gasteiger partial charge in [0.1, 0.15) is 6.04 Å². The zero-order chi connectivity index (χ0) is 27.9. The largest absolute Gasteiger partial charge is 0.467 e. The van der Waals surface area contributed by atoms with Crippen molar-refractivity contribution in [2.24, 2.45) is 11.8 Å². The van der Waals surface area contributed by atoms with Crippen LogP contribution in [0.2, 0.25) is 0 Å². The average molecular weight is 537 g/mol. The van der Waals surface area contributed by atoms with E-state index < -0.39 is 12.0 Å². The molecular weight excluding hydrogens is 496 g/mol. The van der Waals surface area contributed by atoms with Gasteiger partial charge in [-0.3, -0.25) is 4.79 Å². The number of rotatable bonds is 9. The third kappa shape index (κ3) is 6.71. The Labute approximate surface area is 237 Å². The normalized spacial score (nSPS) is 22.2. The Morgan fingerprint density at radius 2 is 1.75 bits per heavy atom. The smallest absolute Gasteiger partial charge is 0.328 e. The monoisotopic (exact) mass is 536 g/mol. The molecule has 2 aliphatic carbocycles. The molecule has 0 saturated heterocycles. The van der Waals surface area contributed by atoms with E-state index in [9.17, 15) is 9.59 Å². The number of esters is 1. The Hall–Kier alpha value is -3.70. The van der Waals surface area contributed by atoms with Crippen molar-refractivity contribution in [2.75, 3.05) is 7.11 Å². The molecule has 2 aliphatic rings. The molecule has 0 radical (unpaired) electrons. The van der Waals surface area contributed by atoms with Gasteiger partial charge in [-0.2, -0.15) is 0 Å². The van der Waals surface area contributed by atoms with Crippen LogP contribution in [-0.4, -0.2) is 31.1 Å². The molecule has 2 N–H and O–H groups in total. The molecule has 3 aromatic carbocycles. The summed E-state index contributed by atoms with van der Waals surface area (Å²) in [5, 5.41) is 9.43. The molecule has 5 heteroatoms. The van der Waals surface area contributed by atoms with Crippen LogP contribution in [-0.2, 0) is 20.7 Å². The Kier molecular flexibility index (Phi) is 9.12. The lowest BCUT2D eigenvalue weighted by molar-refractivity contribution is -0.144. The molecule has 0 bridgehead atoms. The number of carbonyl (C=O) groups excluding carboxylic acids is 2. The minimum atomic E-state index is -0.721. The SMILES string of the molecule is COC(=O)[C@@H](Cc1ccccc1)NC(=O)C1=CCC([C@H]2CCC[C@H](N[C@H](C)c3cccc4ccccc34)C2)C=C1. The molecule has 1 saturated carbocycles. The zero-order valence-corrected chi connectivity index (χ0v) is 23.5. The van der Waals surface area contributed by atoms with E-state index in [2.05, 4.69) is 66.1 Å². The molecule has 0 aliphatic heterocycles. The van der Waals surface area contributed by atoms with E-state index in [1.165, 1.54) is 42.7 Å². The second-order valence-electron chi connectivity index (χ2n) is 11.2. The third-order valence-electron chi connectivity index (χ3n) is 8.56. The number of methoxy groups -OCH3 is 1. The summed E-state index contributed by atoms with van der Waals surface area (Å²) in [6.45, 7) is 2.28. The number of carbonyl (C=O) groups is 2. The quantitative estimate of drug-likeness (QED) is 0.308. The molecular formula is C35H40N2O3. The average Bonchev–Trinajstić information content (AvgIpc) is 3.00. The van der Waals surface area contributed by atoms with Crippen LogP contribution < -0.4 is 10.6 Å². The second-order valence-corrected chi connectivity index (χ2v) is 11.2. The standard InChI is InChI=1S/C35H40N2O3/c1-24(31-17-9-13-27-12-6-7-16-32(27)31)36-30-15-8-14-29(23-30)26-18-20-28(21-19-26)34(38)37-33(35(39)40-2)22-25-10-4-3-5-11-25/h3-7,9-13,16-18,20-21,24,26,29-30,33,36H,8,14-15,19,22-23H2,1-2H3,(H,37,38)/t24-,26?,29+,30+,33-/m1/s1. The molecule has 5 nitrogen and oxygen atoms in total. The highest BCUT2D eigenvalue weighted by Crippen LogP contribution is 2.36. The lowest BCUT2D eigenvalue weighted by Crippen LogP contribution is -2.43. The van der Waals surface area contributed by atoms with Crippen LogP contribution in [0.4, 0.5) is 0 Å². The molecule has 0 aromatic heterocycles. The second kappa shape index (κ2) is 13.1. The maximum absolute atomic E-state index is 13.1. The van der Waals surface area contributed by atoms with Crippen molar-refractivity contribution in [3.8, 4) is 0 Å². The van der Waals surface area contributed by atoms with Crippen LogP contribution >= 0.6 is 0 Å². The van der Waals surface area contributed by atoms with E-state index in [0.717, 1.165) is 18.4 Å². The number of benzene rings is 3. The summed E-state index contributed by atoms with van der Waals surface area (Å²) in [7, 11) is 1.35. The van der Waals surface area contributed by atoms with Crippen molar-refractivity contribution in [1.82, 2.24) is 10.6 Å². The molecule has 0 spiro atoms. The van der Waals surface area contributed by atoms with Gasteiger partial charge in [-0.25, -0.2) is 4.79 Å². The van der Waals surface area contributed by atoms with Gasteiger partial charge >= 0.3 is 5.97 Å². The van der Waals surface area contributed by atoms with Crippen LogP contribution in [0.5, 0.6) is 0 Å². The Balaban J connectivity index is 1.16. The fourth-order valence-corrected chi connectivity index (χ4v) is 6.42. The Bertz CT molecular complexity index is 1370. The predicted molar refractivity (Wildman–Crippen MR) is 161 cm³/mol. The predicted octanol–water partition coefficient (Wildman–Crippen LogP) is 6.45. The Morgan fingerprint density at radius 3 is 2.52 bits per heavy atom. The minimum absolute atomic E-state index is 0.229. The van der Waals surface area contributed by atoms with E-state index in [-0.39, 0.29) is 11.9 Å². The van der Waals surface area contributed by atoms with Gasteiger partial charge in [0, 0.05) is 24.1 Å². The van der Waals surface area contributed by atoms with Gasteiger partial charge < -0.3 is 15.4 Å². The number of hydrogen-bond acceptors (Lipinski definition) is 4. The Morgan fingerprint density at radius 1 is 0.975 bits per heavy atom. The molecule has 1 unspecified atom stereocenters. The summed E-state index contributed by atoms with van der Waals surface area (Å²) in [5.74, 6) is 0.348. The van der Waals surface area contributed by atoms with Crippen molar-refractivity contribution in [3.63, 3.8) is 0 Å². The molecule has 1 amide bonds. The van der Waals surface area contributed by atoms with Crippen LogP contribution in [0.25, 0.3) is 10.8 Å². The first-order chi connectivity index (χ1) is 19.5. The van der Waals surface area contributed by atoms with E-state index in [1.807, 2.05) is 42.5 Å². The van der Waals surface area contributed by atoms with Crippen LogP contribution in [0, 0.1) is 11.8 Å². The lowest BCUT2D eigenvalue weighted by Gasteiger charge is -2.36. The summed E-state index contributed by atoms with van der Waals surface area (Å²) < 4.78 is 4.96. The van der Waals surface area contributed by atoms with Gasteiger partial charge in [-0.15, -0.1) is 0 Å². The molecule has 0 heterocycles.